The molecule has 3 rings (SSSR count). The number of carboxylic acids is 1. The van der Waals surface area contributed by atoms with Crippen LogP contribution in [0.2, 0.25) is 5.02 Å². The summed E-state index contributed by atoms with van der Waals surface area (Å²) in [6.45, 7) is 0. The molecular weight excluding hydrogens is 335 g/mol. The number of halogens is 4. The molecule has 0 aliphatic carbocycles. The van der Waals surface area contributed by atoms with Gasteiger partial charge in [0, 0.05) is 6.42 Å². The zero-order valence-electron chi connectivity index (χ0n) is 11.5. The van der Waals surface area contributed by atoms with Crippen molar-refractivity contribution in [2.75, 3.05) is 5.32 Å². The molecule has 23 heavy (non-hydrogen) atoms. The first-order valence-corrected chi connectivity index (χ1v) is 7.06. The number of fused-ring (bicyclic) bond motifs is 1. The van der Waals surface area contributed by atoms with Crippen molar-refractivity contribution in [1.29, 1.82) is 0 Å². The van der Waals surface area contributed by atoms with Crippen LogP contribution in [0.4, 0.5) is 19.0 Å². The number of anilines is 1. The molecule has 9 heteroatoms. The fraction of sp³-hybridized carbons (Fsp3) is 0.286. The number of rotatable bonds is 2. The van der Waals surface area contributed by atoms with Crippen LogP contribution in [-0.4, -0.2) is 27.0 Å². The van der Waals surface area contributed by atoms with Crippen LogP contribution in [-0.2, 0) is 0 Å². The zero-order valence-corrected chi connectivity index (χ0v) is 12.3. The van der Waals surface area contributed by atoms with Gasteiger partial charge >= 0.3 is 12.1 Å². The highest BCUT2D eigenvalue weighted by Gasteiger charge is 2.47. The molecule has 2 aromatic rings. The Labute approximate surface area is 133 Å². The third-order valence-electron chi connectivity index (χ3n) is 3.70. The van der Waals surface area contributed by atoms with E-state index in [4.69, 9.17) is 16.7 Å². The van der Waals surface area contributed by atoms with Crippen molar-refractivity contribution in [2.45, 2.75) is 24.7 Å². The van der Waals surface area contributed by atoms with Gasteiger partial charge in [-0.2, -0.15) is 18.3 Å². The van der Waals surface area contributed by atoms with Crippen molar-refractivity contribution in [3.05, 3.63) is 46.6 Å². The van der Waals surface area contributed by atoms with Crippen LogP contribution in [0.25, 0.3) is 0 Å². The second kappa shape index (κ2) is 5.45. The van der Waals surface area contributed by atoms with Gasteiger partial charge in [-0.15, -0.1) is 0 Å². The molecule has 1 aliphatic heterocycles. The van der Waals surface area contributed by atoms with E-state index in [-0.39, 0.29) is 17.3 Å². The van der Waals surface area contributed by atoms with Crippen LogP contribution in [0.1, 0.15) is 34.6 Å². The second-order valence-corrected chi connectivity index (χ2v) is 5.54. The number of aromatic carboxylic acids is 1. The van der Waals surface area contributed by atoms with Crippen molar-refractivity contribution in [1.82, 2.24) is 9.78 Å². The Morgan fingerprint density at radius 2 is 2.00 bits per heavy atom. The van der Waals surface area contributed by atoms with Crippen molar-refractivity contribution in [3.8, 4) is 0 Å². The molecule has 0 saturated heterocycles. The monoisotopic (exact) mass is 345 g/mol. The molecule has 1 aromatic carbocycles. The molecule has 0 amide bonds. The summed E-state index contributed by atoms with van der Waals surface area (Å²) in [6, 6.07) is 5.99. The lowest BCUT2D eigenvalue weighted by Crippen LogP contribution is -2.35. The molecule has 5 nitrogen and oxygen atoms in total. The Bertz CT molecular complexity index is 746. The largest absolute Gasteiger partial charge is 0.476 e. The minimum atomic E-state index is -4.57. The molecule has 0 bridgehead atoms. The molecule has 0 fully saturated rings. The van der Waals surface area contributed by atoms with Crippen LogP contribution in [0.5, 0.6) is 0 Å². The van der Waals surface area contributed by atoms with E-state index < -0.39 is 29.9 Å². The van der Waals surface area contributed by atoms with Crippen LogP contribution in [0.3, 0.4) is 0 Å². The highest BCUT2D eigenvalue weighted by Crippen LogP contribution is 2.46. The summed E-state index contributed by atoms with van der Waals surface area (Å²) >= 11 is 5.91. The number of nitrogens with one attached hydrogen (secondary N) is 1. The van der Waals surface area contributed by atoms with E-state index in [1.165, 1.54) is 0 Å². The summed E-state index contributed by atoms with van der Waals surface area (Å²) in [6.07, 6.45) is -4.88. The molecule has 2 atom stereocenters. The van der Waals surface area contributed by atoms with Gasteiger partial charge in [0.05, 0.1) is 6.04 Å². The molecule has 1 aliphatic rings. The van der Waals surface area contributed by atoms with Gasteiger partial charge in [-0.05, 0) is 5.56 Å². The van der Waals surface area contributed by atoms with Crippen LogP contribution >= 0.6 is 11.6 Å². The van der Waals surface area contributed by atoms with Crippen molar-refractivity contribution in [2.24, 2.45) is 0 Å². The van der Waals surface area contributed by atoms with E-state index in [2.05, 4.69) is 10.4 Å². The number of carbonyl (C=O) groups is 1. The maximum absolute atomic E-state index is 13.4. The fourth-order valence-corrected chi connectivity index (χ4v) is 2.89. The summed E-state index contributed by atoms with van der Waals surface area (Å²) in [4.78, 5) is 11.1. The van der Waals surface area contributed by atoms with Gasteiger partial charge in [-0.3, -0.25) is 0 Å². The van der Waals surface area contributed by atoms with E-state index in [1.807, 2.05) is 0 Å². The van der Waals surface area contributed by atoms with Crippen molar-refractivity contribution >= 4 is 23.4 Å². The van der Waals surface area contributed by atoms with E-state index in [9.17, 15) is 18.0 Å². The standard InChI is InChI=1S/C14H11ClF3N3O2/c15-10-11(13(22)23)20-21-9(14(16,17)18)6-8(19-12(10)21)7-4-2-1-3-5-7/h1-5,8-9,19H,6H2,(H,22,23). The minimum Gasteiger partial charge on any atom is -0.476 e. The normalized spacial score (nSPS) is 20.7. The smallest absolute Gasteiger partial charge is 0.410 e. The van der Waals surface area contributed by atoms with E-state index in [0.717, 1.165) is 0 Å². The average Bonchev–Trinajstić information content (AvgIpc) is 2.84. The van der Waals surface area contributed by atoms with Gasteiger partial charge < -0.3 is 10.4 Å². The lowest BCUT2D eigenvalue weighted by molar-refractivity contribution is -0.173. The molecule has 1 aromatic heterocycles. The van der Waals surface area contributed by atoms with Gasteiger partial charge in [-0.1, -0.05) is 41.9 Å². The Morgan fingerprint density at radius 1 is 1.35 bits per heavy atom. The molecule has 2 unspecified atom stereocenters. The molecule has 0 saturated carbocycles. The number of alkyl halides is 3. The summed E-state index contributed by atoms with van der Waals surface area (Å²) < 4.78 is 40.7. The fourth-order valence-electron chi connectivity index (χ4n) is 2.63. The van der Waals surface area contributed by atoms with Gasteiger partial charge in [-0.25, -0.2) is 9.48 Å². The summed E-state index contributed by atoms with van der Waals surface area (Å²) in [5.74, 6) is -1.61. The SMILES string of the molecule is O=C(O)c1nn2c(c1Cl)NC(c1ccccc1)CC2C(F)(F)F. The van der Waals surface area contributed by atoms with Crippen LogP contribution in [0, 0.1) is 0 Å². The first-order valence-electron chi connectivity index (χ1n) is 6.68. The Balaban J connectivity index is 2.10. The van der Waals surface area contributed by atoms with Gasteiger partial charge in [0.2, 0.25) is 0 Å². The minimum absolute atomic E-state index is 0.133. The number of aromatic nitrogens is 2. The summed E-state index contributed by atoms with van der Waals surface area (Å²) in [5, 5.41) is 15.1. The molecule has 0 spiro atoms. The second-order valence-electron chi connectivity index (χ2n) is 5.16. The maximum atomic E-state index is 13.4. The molecular formula is C14H11ClF3N3O2. The number of benzene rings is 1. The average molecular weight is 346 g/mol. The van der Waals surface area contributed by atoms with E-state index >= 15 is 0 Å². The number of hydrogen-bond donors (Lipinski definition) is 2. The van der Waals surface area contributed by atoms with Gasteiger partial charge in [0.25, 0.3) is 0 Å². The number of nitrogens with zero attached hydrogens (tertiary/aromatic N) is 2. The lowest BCUT2D eigenvalue weighted by Gasteiger charge is -2.33. The highest BCUT2D eigenvalue weighted by atomic mass is 35.5. The number of carboxylic acid groups (broad SMARTS) is 1. The third kappa shape index (κ3) is 2.74. The topological polar surface area (TPSA) is 67.1 Å². The van der Waals surface area contributed by atoms with Gasteiger partial charge in [0.15, 0.2) is 11.7 Å². The predicted octanol–water partition coefficient (Wildman–Crippen LogP) is 3.90. The first-order chi connectivity index (χ1) is 10.8. The molecule has 2 heterocycles. The van der Waals surface area contributed by atoms with Crippen molar-refractivity contribution < 1.29 is 23.1 Å². The van der Waals surface area contributed by atoms with Crippen LogP contribution in [0.15, 0.2) is 30.3 Å². The molecule has 122 valence electrons. The molecule has 2 N–H and O–H groups in total. The first kappa shape index (κ1) is 15.7. The van der Waals surface area contributed by atoms with Crippen LogP contribution < -0.4 is 5.32 Å². The molecule has 0 radical (unpaired) electrons. The summed E-state index contributed by atoms with van der Waals surface area (Å²) in [7, 11) is 0. The third-order valence-corrected chi connectivity index (χ3v) is 4.06. The Morgan fingerprint density at radius 3 is 2.57 bits per heavy atom. The highest BCUT2D eigenvalue weighted by molar-refractivity contribution is 6.35. The lowest BCUT2D eigenvalue weighted by atomic mass is 9.97. The Hall–Kier alpha value is -2.22. The van der Waals surface area contributed by atoms with Gasteiger partial charge in [0.1, 0.15) is 10.8 Å². The quantitative estimate of drug-likeness (QED) is 0.866. The number of hydrogen-bond acceptors (Lipinski definition) is 3. The predicted molar refractivity (Wildman–Crippen MR) is 76.7 cm³/mol. The van der Waals surface area contributed by atoms with E-state index in [0.29, 0.717) is 10.2 Å². The van der Waals surface area contributed by atoms with E-state index in [1.54, 1.807) is 30.3 Å². The Kier molecular flexibility index (Phi) is 3.71. The maximum Gasteiger partial charge on any atom is 0.410 e. The summed E-state index contributed by atoms with van der Waals surface area (Å²) in [5.41, 5.74) is 0.0549. The zero-order chi connectivity index (χ0) is 16.8. The van der Waals surface area contributed by atoms with Crippen molar-refractivity contribution in [3.63, 3.8) is 0 Å².